The highest BCUT2D eigenvalue weighted by Gasteiger charge is 2.22. The highest BCUT2D eigenvalue weighted by molar-refractivity contribution is 4.87. The SMILES string of the molecule is CC(C)c1nnc(CN[C@H](C)[C@@H]2CCCO2)o1. The average Bonchev–Trinajstić information content (AvgIpc) is 2.97. The van der Waals surface area contributed by atoms with Gasteiger partial charge in [-0.1, -0.05) is 13.8 Å². The Labute approximate surface area is 102 Å². The molecule has 96 valence electrons. The zero-order valence-corrected chi connectivity index (χ0v) is 10.8. The van der Waals surface area contributed by atoms with Gasteiger partial charge in [-0.15, -0.1) is 10.2 Å². The second kappa shape index (κ2) is 5.60. The van der Waals surface area contributed by atoms with Crippen molar-refractivity contribution in [3.63, 3.8) is 0 Å². The summed E-state index contributed by atoms with van der Waals surface area (Å²) >= 11 is 0. The predicted molar refractivity (Wildman–Crippen MR) is 63.7 cm³/mol. The molecule has 1 N–H and O–H groups in total. The van der Waals surface area contributed by atoms with Crippen molar-refractivity contribution in [3.8, 4) is 0 Å². The van der Waals surface area contributed by atoms with Gasteiger partial charge in [0.2, 0.25) is 11.8 Å². The van der Waals surface area contributed by atoms with Gasteiger partial charge in [0.05, 0.1) is 12.6 Å². The van der Waals surface area contributed by atoms with E-state index in [0.717, 1.165) is 19.4 Å². The normalized spacial score (nSPS) is 22.2. The number of rotatable bonds is 5. The van der Waals surface area contributed by atoms with Gasteiger partial charge in [0.1, 0.15) is 0 Å². The van der Waals surface area contributed by atoms with Crippen LogP contribution in [-0.2, 0) is 11.3 Å². The number of nitrogens with one attached hydrogen (secondary N) is 1. The molecule has 0 aromatic carbocycles. The summed E-state index contributed by atoms with van der Waals surface area (Å²) < 4.78 is 11.2. The Kier molecular flexibility index (Phi) is 4.12. The summed E-state index contributed by atoms with van der Waals surface area (Å²) in [5, 5.41) is 11.4. The van der Waals surface area contributed by atoms with E-state index in [1.54, 1.807) is 0 Å². The molecule has 0 bridgehead atoms. The predicted octanol–water partition coefficient (Wildman–Crippen LogP) is 1.85. The Bertz CT molecular complexity index is 345. The Balaban J connectivity index is 1.80. The van der Waals surface area contributed by atoms with Gasteiger partial charge in [-0.05, 0) is 19.8 Å². The van der Waals surface area contributed by atoms with E-state index in [0.29, 0.717) is 30.5 Å². The van der Waals surface area contributed by atoms with Crippen molar-refractivity contribution in [1.82, 2.24) is 15.5 Å². The topological polar surface area (TPSA) is 60.2 Å². The van der Waals surface area contributed by atoms with Gasteiger partial charge in [0, 0.05) is 18.6 Å². The summed E-state index contributed by atoms with van der Waals surface area (Å²) in [7, 11) is 0. The Hall–Kier alpha value is -0.940. The molecule has 1 aromatic rings. The minimum atomic E-state index is 0.284. The van der Waals surface area contributed by atoms with Crippen molar-refractivity contribution in [2.45, 2.75) is 58.2 Å². The first-order valence-corrected chi connectivity index (χ1v) is 6.34. The number of hydrogen-bond acceptors (Lipinski definition) is 5. The van der Waals surface area contributed by atoms with Crippen LogP contribution in [0.4, 0.5) is 0 Å². The zero-order chi connectivity index (χ0) is 12.3. The van der Waals surface area contributed by atoms with Crippen LogP contribution in [0.5, 0.6) is 0 Å². The maximum absolute atomic E-state index is 5.62. The van der Waals surface area contributed by atoms with Crippen LogP contribution in [0.1, 0.15) is 51.3 Å². The zero-order valence-electron chi connectivity index (χ0n) is 10.8. The maximum Gasteiger partial charge on any atom is 0.230 e. The first-order valence-electron chi connectivity index (χ1n) is 6.34. The Morgan fingerprint density at radius 1 is 1.35 bits per heavy atom. The smallest absolute Gasteiger partial charge is 0.230 e. The van der Waals surface area contributed by atoms with E-state index < -0.39 is 0 Å². The molecule has 0 aliphatic carbocycles. The monoisotopic (exact) mass is 239 g/mol. The molecule has 5 nitrogen and oxygen atoms in total. The minimum absolute atomic E-state index is 0.284. The molecule has 5 heteroatoms. The lowest BCUT2D eigenvalue weighted by Crippen LogP contribution is -2.36. The lowest BCUT2D eigenvalue weighted by Gasteiger charge is -2.18. The van der Waals surface area contributed by atoms with Crippen LogP contribution < -0.4 is 5.32 Å². The van der Waals surface area contributed by atoms with Crippen molar-refractivity contribution in [2.24, 2.45) is 0 Å². The van der Waals surface area contributed by atoms with Gasteiger partial charge in [-0.25, -0.2) is 0 Å². The molecule has 2 atom stereocenters. The summed E-state index contributed by atoms with van der Waals surface area (Å²) in [4.78, 5) is 0. The van der Waals surface area contributed by atoms with E-state index in [4.69, 9.17) is 9.15 Å². The van der Waals surface area contributed by atoms with E-state index in [2.05, 4.69) is 22.4 Å². The first kappa shape index (κ1) is 12.5. The summed E-state index contributed by atoms with van der Waals surface area (Å²) in [6, 6.07) is 0.326. The highest BCUT2D eigenvalue weighted by atomic mass is 16.5. The van der Waals surface area contributed by atoms with Crippen LogP contribution in [0, 0.1) is 0 Å². The Morgan fingerprint density at radius 2 is 2.18 bits per heavy atom. The maximum atomic E-state index is 5.62. The van der Waals surface area contributed by atoms with Gasteiger partial charge in [0.25, 0.3) is 0 Å². The molecule has 1 fully saturated rings. The fourth-order valence-corrected chi connectivity index (χ4v) is 1.95. The molecular weight excluding hydrogens is 218 g/mol. The van der Waals surface area contributed by atoms with Crippen LogP contribution in [-0.4, -0.2) is 29.0 Å². The molecule has 1 aliphatic rings. The fourth-order valence-electron chi connectivity index (χ4n) is 1.95. The number of aromatic nitrogens is 2. The molecular formula is C12H21N3O2. The average molecular weight is 239 g/mol. The quantitative estimate of drug-likeness (QED) is 0.849. The van der Waals surface area contributed by atoms with Crippen LogP contribution in [0.3, 0.4) is 0 Å². The van der Waals surface area contributed by atoms with Crippen LogP contribution in [0.25, 0.3) is 0 Å². The lowest BCUT2D eigenvalue weighted by molar-refractivity contribution is 0.0824. The third-order valence-electron chi connectivity index (χ3n) is 3.07. The molecule has 0 spiro atoms. The first-order chi connectivity index (χ1) is 8.16. The molecule has 0 saturated carbocycles. The fraction of sp³-hybridized carbons (Fsp3) is 0.833. The third kappa shape index (κ3) is 3.26. The van der Waals surface area contributed by atoms with Crippen LogP contribution in [0.2, 0.25) is 0 Å². The molecule has 1 aromatic heterocycles. The molecule has 0 radical (unpaired) electrons. The summed E-state index contributed by atoms with van der Waals surface area (Å²) in [5.74, 6) is 1.64. The van der Waals surface area contributed by atoms with Gasteiger partial charge in [-0.2, -0.15) is 0 Å². The summed E-state index contributed by atoms with van der Waals surface area (Å²) in [6.07, 6.45) is 2.62. The standard InChI is InChI=1S/C12H21N3O2/c1-8(2)12-15-14-11(17-12)7-13-9(3)10-5-4-6-16-10/h8-10,13H,4-7H2,1-3H3/t9-,10+/m1/s1. The van der Waals surface area contributed by atoms with Crippen molar-refractivity contribution < 1.29 is 9.15 Å². The molecule has 17 heavy (non-hydrogen) atoms. The van der Waals surface area contributed by atoms with E-state index in [1.807, 2.05) is 13.8 Å². The van der Waals surface area contributed by atoms with Crippen molar-refractivity contribution in [2.75, 3.05) is 6.61 Å². The second-order valence-corrected chi connectivity index (χ2v) is 4.91. The molecule has 1 aliphatic heterocycles. The Morgan fingerprint density at radius 3 is 2.76 bits per heavy atom. The molecule has 0 unspecified atom stereocenters. The number of hydrogen-bond donors (Lipinski definition) is 1. The van der Waals surface area contributed by atoms with Crippen LogP contribution >= 0.6 is 0 Å². The van der Waals surface area contributed by atoms with E-state index in [-0.39, 0.29) is 5.92 Å². The van der Waals surface area contributed by atoms with Crippen molar-refractivity contribution in [1.29, 1.82) is 0 Å². The van der Waals surface area contributed by atoms with E-state index in [9.17, 15) is 0 Å². The molecule has 2 heterocycles. The van der Waals surface area contributed by atoms with Gasteiger partial charge in [0.15, 0.2) is 0 Å². The van der Waals surface area contributed by atoms with Crippen molar-refractivity contribution in [3.05, 3.63) is 11.8 Å². The van der Waals surface area contributed by atoms with Gasteiger partial charge < -0.3 is 14.5 Å². The summed E-state index contributed by atoms with van der Waals surface area (Å²) in [5.41, 5.74) is 0. The van der Waals surface area contributed by atoms with Gasteiger partial charge in [-0.3, -0.25) is 0 Å². The second-order valence-electron chi connectivity index (χ2n) is 4.91. The molecule has 1 saturated heterocycles. The van der Waals surface area contributed by atoms with E-state index in [1.165, 1.54) is 0 Å². The van der Waals surface area contributed by atoms with Crippen LogP contribution in [0.15, 0.2) is 4.42 Å². The summed E-state index contributed by atoms with van der Waals surface area (Å²) in [6.45, 7) is 7.71. The largest absolute Gasteiger partial charge is 0.424 e. The molecule has 0 amide bonds. The molecule has 2 rings (SSSR count). The van der Waals surface area contributed by atoms with E-state index >= 15 is 0 Å². The third-order valence-corrected chi connectivity index (χ3v) is 3.07. The highest BCUT2D eigenvalue weighted by Crippen LogP contribution is 2.16. The lowest BCUT2D eigenvalue weighted by atomic mass is 10.1. The van der Waals surface area contributed by atoms with Crippen molar-refractivity contribution >= 4 is 0 Å². The number of nitrogens with zero attached hydrogens (tertiary/aromatic N) is 2. The number of ether oxygens (including phenoxy) is 1. The van der Waals surface area contributed by atoms with Gasteiger partial charge >= 0.3 is 0 Å². The minimum Gasteiger partial charge on any atom is -0.424 e.